The van der Waals surface area contributed by atoms with Gasteiger partial charge in [-0.05, 0) is 45.4 Å². The van der Waals surface area contributed by atoms with Crippen molar-refractivity contribution in [3.8, 4) is 0 Å². The summed E-state index contributed by atoms with van der Waals surface area (Å²) in [4.78, 5) is 10.4. The summed E-state index contributed by atoms with van der Waals surface area (Å²) in [7, 11) is 0. The lowest BCUT2D eigenvalue weighted by molar-refractivity contribution is -0.139. The zero-order valence-electron chi connectivity index (χ0n) is 13.9. The Morgan fingerprint density at radius 2 is 2.04 bits per heavy atom. The molecule has 1 aliphatic rings. The average Bonchev–Trinajstić information content (AvgIpc) is 2.45. The van der Waals surface area contributed by atoms with Crippen LogP contribution in [0.15, 0.2) is 24.3 Å². The number of carboxylic acids is 1. The van der Waals surface area contributed by atoms with Crippen LogP contribution in [0, 0.1) is 0 Å². The molecule has 0 radical (unpaired) electrons. The number of aliphatic hydroxyl groups excluding tert-OH is 2. The minimum Gasteiger partial charge on any atom is -0.481 e. The number of hydrogen-bond donors (Lipinski definition) is 3. The molecule has 132 valence electrons. The predicted octanol–water partition coefficient (Wildman–Crippen LogP) is 2.81. The van der Waals surface area contributed by atoms with Crippen molar-refractivity contribution < 1.29 is 24.9 Å². The largest absolute Gasteiger partial charge is 0.481 e. The van der Waals surface area contributed by atoms with Gasteiger partial charge in [0.2, 0.25) is 0 Å². The van der Waals surface area contributed by atoms with E-state index < -0.39 is 18.2 Å². The summed E-state index contributed by atoms with van der Waals surface area (Å²) in [6.45, 7) is 2.13. The van der Waals surface area contributed by atoms with Gasteiger partial charge in [-0.1, -0.05) is 24.3 Å². The van der Waals surface area contributed by atoms with E-state index in [2.05, 4.69) is 13.0 Å². The van der Waals surface area contributed by atoms with E-state index in [9.17, 15) is 15.0 Å². The van der Waals surface area contributed by atoms with E-state index in [1.165, 1.54) is 12.8 Å². The standard InChI is InChI=1S/C18H30O5/c1-14-8-7-11-17(23-14)10-6-4-2-3-5-9-15(19)12-16(20)13-18(21)22/h2,4-5,9,14-17,19-20H,3,6-8,10-13H2,1H3,(H,21,22)/b4-2-,9-5-/t14-,15-,16-,17+/m1/s1. The number of aliphatic carboxylic acids is 1. The third-order valence-corrected chi connectivity index (χ3v) is 3.94. The smallest absolute Gasteiger partial charge is 0.305 e. The second kappa shape index (κ2) is 11.4. The monoisotopic (exact) mass is 326 g/mol. The van der Waals surface area contributed by atoms with Crippen molar-refractivity contribution in [1.29, 1.82) is 0 Å². The molecule has 0 aromatic heterocycles. The average molecular weight is 326 g/mol. The lowest BCUT2D eigenvalue weighted by atomic mass is 10.0. The first-order valence-corrected chi connectivity index (χ1v) is 8.52. The Bertz CT molecular complexity index is 391. The van der Waals surface area contributed by atoms with Crippen molar-refractivity contribution in [2.24, 2.45) is 0 Å². The molecule has 0 spiro atoms. The quantitative estimate of drug-likeness (QED) is 0.537. The SMILES string of the molecule is C[C@@H]1CCC[C@H](CC/C=C\C/C=C\[C@@H](O)C[C@@H](O)CC(=O)O)O1. The molecule has 23 heavy (non-hydrogen) atoms. The summed E-state index contributed by atoms with van der Waals surface area (Å²) in [5.41, 5.74) is 0. The highest BCUT2D eigenvalue weighted by molar-refractivity contribution is 5.67. The van der Waals surface area contributed by atoms with E-state index in [-0.39, 0.29) is 12.8 Å². The van der Waals surface area contributed by atoms with Gasteiger partial charge in [-0.25, -0.2) is 0 Å². The van der Waals surface area contributed by atoms with Gasteiger partial charge in [-0.15, -0.1) is 0 Å². The predicted molar refractivity (Wildman–Crippen MR) is 89.2 cm³/mol. The van der Waals surface area contributed by atoms with Crippen LogP contribution >= 0.6 is 0 Å². The molecule has 1 aliphatic heterocycles. The molecule has 1 fully saturated rings. The summed E-state index contributed by atoms with van der Waals surface area (Å²) in [5, 5.41) is 27.6. The van der Waals surface area contributed by atoms with Crippen LogP contribution < -0.4 is 0 Å². The molecule has 5 nitrogen and oxygen atoms in total. The molecule has 0 unspecified atom stereocenters. The van der Waals surface area contributed by atoms with Gasteiger partial charge >= 0.3 is 5.97 Å². The molecular weight excluding hydrogens is 296 g/mol. The molecule has 1 heterocycles. The summed E-state index contributed by atoms with van der Waals surface area (Å²) in [5.74, 6) is -1.06. The van der Waals surface area contributed by atoms with Crippen molar-refractivity contribution in [3.63, 3.8) is 0 Å². The van der Waals surface area contributed by atoms with E-state index in [1.807, 2.05) is 12.2 Å². The van der Waals surface area contributed by atoms with E-state index in [4.69, 9.17) is 9.84 Å². The van der Waals surface area contributed by atoms with Crippen LogP contribution in [-0.2, 0) is 9.53 Å². The number of carbonyl (C=O) groups is 1. The lowest BCUT2D eigenvalue weighted by Gasteiger charge is -2.27. The Hall–Kier alpha value is -1.17. The van der Waals surface area contributed by atoms with Crippen LogP contribution in [0.3, 0.4) is 0 Å². The van der Waals surface area contributed by atoms with Crippen LogP contribution in [-0.4, -0.2) is 45.7 Å². The molecule has 0 aliphatic carbocycles. The normalized spacial score (nSPS) is 25.0. The number of ether oxygens (including phenoxy) is 1. The molecule has 0 bridgehead atoms. The molecule has 0 amide bonds. The van der Waals surface area contributed by atoms with Crippen molar-refractivity contribution >= 4 is 5.97 Å². The second-order valence-electron chi connectivity index (χ2n) is 6.27. The van der Waals surface area contributed by atoms with Crippen LogP contribution in [0.25, 0.3) is 0 Å². The van der Waals surface area contributed by atoms with Crippen LogP contribution in [0.2, 0.25) is 0 Å². The summed E-state index contributed by atoms with van der Waals surface area (Å²) >= 11 is 0. The van der Waals surface area contributed by atoms with Crippen LogP contribution in [0.5, 0.6) is 0 Å². The highest BCUT2D eigenvalue weighted by Gasteiger charge is 2.17. The Labute approximate surface area is 138 Å². The fourth-order valence-electron chi connectivity index (χ4n) is 2.76. The Kier molecular flexibility index (Phi) is 9.83. The molecule has 5 heteroatoms. The first kappa shape index (κ1) is 19.9. The minimum atomic E-state index is -1.06. The van der Waals surface area contributed by atoms with Crippen molar-refractivity contribution in [3.05, 3.63) is 24.3 Å². The van der Waals surface area contributed by atoms with Crippen molar-refractivity contribution in [2.45, 2.75) is 82.7 Å². The topological polar surface area (TPSA) is 87.0 Å². The van der Waals surface area contributed by atoms with Gasteiger partial charge in [0.15, 0.2) is 0 Å². The summed E-state index contributed by atoms with van der Waals surface area (Å²) in [6, 6.07) is 0. The van der Waals surface area contributed by atoms with E-state index >= 15 is 0 Å². The fourth-order valence-corrected chi connectivity index (χ4v) is 2.76. The Morgan fingerprint density at radius 3 is 2.74 bits per heavy atom. The van der Waals surface area contributed by atoms with Crippen molar-refractivity contribution in [2.75, 3.05) is 0 Å². The molecule has 0 saturated carbocycles. The molecule has 1 saturated heterocycles. The first-order valence-electron chi connectivity index (χ1n) is 8.52. The number of carboxylic acid groups (broad SMARTS) is 1. The summed E-state index contributed by atoms with van der Waals surface area (Å²) in [6.07, 6.45) is 12.6. The van der Waals surface area contributed by atoms with Gasteiger partial charge < -0.3 is 20.1 Å². The van der Waals surface area contributed by atoms with Crippen LogP contribution in [0.1, 0.15) is 58.3 Å². The van der Waals surface area contributed by atoms with Crippen LogP contribution in [0.4, 0.5) is 0 Å². The maximum atomic E-state index is 10.4. The molecule has 4 atom stereocenters. The number of rotatable bonds is 10. The maximum absolute atomic E-state index is 10.4. The zero-order chi connectivity index (χ0) is 17.1. The lowest BCUT2D eigenvalue weighted by Crippen LogP contribution is -2.25. The number of aliphatic hydroxyl groups is 2. The maximum Gasteiger partial charge on any atom is 0.305 e. The molecule has 0 aromatic carbocycles. The van der Waals surface area contributed by atoms with Gasteiger partial charge in [-0.2, -0.15) is 0 Å². The molecule has 0 aromatic rings. The van der Waals surface area contributed by atoms with Crippen molar-refractivity contribution in [1.82, 2.24) is 0 Å². The Balaban J connectivity index is 2.09. The van der Waals surface area contributed by atoms with Gasteiger partial charge in [0, 0.05) is 6.42 Å². The number of allylic oxidation sites excluding steroid dienone is 3. The third-order valence-electron chi connectivity index (χ3n) is 3.94. The van der Waals surface area contributed by atoms with Gasteiger partial charge in [0.1, 0.15) is 0 Å². The van der Waals surface area contributed by atoms with E-state index in [1.54, 1.807) is 6.08 Å². The first-order chi connectivity index (χ1) is 11.0. The molecule has 1 rings (SSSR count). The second-order valence-corrected chi connectivity index (χ2v) is 6.27. The van der Waals surface area contributed by atoms with E-state index in [0.717, 1.165) is 19.3 Å². The van der Waals surface area contributed by atoms with Gasteiger partial charge in [0.25, 0.3) is 0 Å². The third kappa shape index (κ3) is 10.3. The van der Waals surface area contributed by atoms with Gasteiger partial charge in [-0.3, -0.25) is 4.79 Å². The minimum absolute atomic E-state index is 0.0454. The molecular formula is C18H30O5. The van der Waals surface area contributed by atoms with Gasteiger partial charge in [0.05, 0.1) is 30.8 Å². The van der Waals surface area contributed by atoms with E-state index in [0.29, 0.717) is 18.6 Å². The molecule has 3 N–H and O–H groups in total. The highest BCUT2D eigenvalue weighted by Crippen LogP contribution is 2.21. The highest BCUT2D eigenvalue weighted by atomic mass is 16.5. The number of hydrogen-bond acceptors (Lipinski definition) is 4. The Morgan fingerprint density at radius 1 is 1.26 bits per heavy atom. The zero-order valence-corrected chi connectivity index (χ0v) is 13.9. The summed E-state index contributed by atoms with van der Waals surface area (Å²) < 4.78 is 5.86. The fraction of sp³-hybridized carbons (Fsp3) is 0.722.